The normalized spacial score (nSPS) is 17.1. The van der Waals surface area contributed by atoms with Crippen molar-refractivity contribution in [3.05, 3.63) is 35.5 Å². The average Bonchev–Trinajstić information content (AvgIpc) is 2.85. The van der Waals surface area contributed by atoms with Gasteiger partial charge in [-0.25, -0.2) is 18.6 Å². The Kier molecular flexibility index (Phi) is 7.97. The number of phenolic OH excluding ortho intramolecular Hbond substituents is 1. The van der Waals surface area contributed by atoms with Crippen molar-refractivity contribution in [2.24, 2.45) is 0 Å². The van der Waals surface area contributed by atoms with Crippen molar-refractivity contribution in [2.75, 3.05) is 68.0 Å². The van der Waals surface area contributed by atoms with E-state index in [0.717, 1.165) is 69.0 Å². The standard InChI is InChI=1S/C24H33F2N7O2/c1-3-32-22-17(16-33(24(32)35)21-18(25)7-8-19(34)20(21)26)15-28-23(29-22)27-9-5-4-6-10-31-13-11-30(2)12-14-31/h7-8,15,34H,3-6,9-14,16H2,1-2H3,(H,27,28,29). The highest BCUT2D eigenvalue weighted by Gasteiger charge is 2.35. The highest BCUT2D eigenvalue weighted by molar-refractivity contribution is 6.05. The second-order valence-corrected chi connectivity index (χ2v) is 9.02. The molecule has 0 atom stereocenters. The number of aromatic nitrogens is 2. The van der Waals surface area contributed by atoms with Gasteiger partial charge >= 0.3 is 6.03 Å². The Morgan fingerprint density at radius 2 is 1.89 bits per heavy atom. The molecular formula is C24H33F2N7O2. The van der Waals surface area contributed by atoms with Crippen LogP contribution >= 0.6 is 0 Å². The van der Waals surface area contributed by atoms with Gasteiger partial charge in [-0.05, 0) is 45.5 Å². The third-order valence-corrected chi connectivity index (χ3v) is 6.55. The van der Waals surface area contributed by atoms with Crippen molar-refractivity contribution in [1.29, 1.82) is 0 Å². The van der Waals surface area contributed by atoms with Gasteiger partial charge in [0, 0.05) is 51.0 Å². The lowest BCUT2D eigenvalue weighted by Crippen LogP contribution is -2.48. The molecule has 190 valence electrons. The first kappa shape index (κ1) is 25.1. The number of nitrogens with zero attached hydrogens (tertiary/aromatic N) is 6. The summed E-state index contributed by atoms with van der Waals surface area (Å²) < 4.78 is 28.9. The van der Waals surface area contributed by atoms with Crippen LogP contribution in [0.1, 0.15) is 31.7 Å². The number of carbonyl (C=O) groups is 1. The number of unbranched alkanes of at least 4 members (excludes halogenated alkanes) is 2. The number of aromatic hydroxyl groups is 1. The summed E-state index contributed by atoms with van der Waals surface area (Å²) >= 11 is 0. The number of hydrogen-bond donors (Lipinski definition) is 2. The highest BCUT2D eigenvalue weighted by atomic mass is 19.1. The summed E-state index contributed by atoms with van der Waals surface area (Å²) in [5, 5.41) is 12.9. The second kappa shape index (κ2) is 11.1. The molecule has 2 aliphatic heterocycles. The van der Waals surface area contributed by atoms with E-state index in [9.17, 15) is 18.7 Å². The highest BCUT2D eigenvalue weighted by Crippen LogP contribution is 2.36. The zero-order chi connectivity index (χ0) is 24.9. The smallest absolute Gasteiger partial charge is 0.330 e. The molecule has 0 radical (unpaired) electrons. The predicted molar refractivity (Wildman–Crippen MR) is 131 cm³/mol. The van der Waals surface area contributed by atoms with Gasteiger partial charge in [-0.1, -0.05) is 6.42 Å². The van der Waals surface area contributed by atoms with E-state index in [1.165, 1.54) is 4.90 Å². The molecule has 2 N–H and O–H groups in total. The summed E-state index contributed by atoms with van der Waals surface area (Å²) in [4.78, 5) is 29.1. The summed E-state index contributed by atoms with van der Waals surface area (Å²) in [7, 11) is 2.16. The quantitative estimate of drug-likeness (QED) is 0.523. The van der Waals surface area contributed by atoms with E-state index in [-0.39, 0.29) is 13.1 Å². The molecule has 35 heavy (non-hydrogen) atoms. The molecule has 1 fully saturated rings. The number of carbonyl (C=O) groups excluding carboxylic acids is 1. The van der Waals surface area contributed by atoms with E-state index in [1.54, 1.807) is 13.1 Å². The van der Waals surface area contributed by atoms with Gasteiger partial charge in [-0.15, -0.1) is 0 Å². The number of piperazine rings is 1. The summed E-state index contributed by atoms with van der Waals surface area (Å²) in [5.41, 5.74) is -0.0239. The summed E-state index contributed by atoms with van der Waals surface area (Å²) in [6.07, 6.45) is 4.79. The SMILES string of the molecule is CCN1C(=O)N(c2c(F)ccc(O)c2F)Cc2cnc(NCCCCCN3CCN(C)CC3)nc21. The molecule has 0 spiro atoms. The molecule has 0 unspecified atom stereocenters. The molecule has 1 aromatic carbocycles. The van der Waals surface area contributed by atoms with Crippen LogP contribution in [0.15, 0.2) is 18.3 Å². The van der Waals surface area contributed by atoms with Crippen molar-refractivity contribution >= 4 is 23.5 Å². The van der Waals surface area contributed by atoms with Gasteiger partial charge in [-0.2, -0.15) is 4.98 Å². The van der Waals surface area contributed by atoms with Gasteiger partial charge in [0.15, 0.2) is 11.6 Å². The molecule has 3 heterocycles. The number of likely N-dealkylation sites (N-methyl/N-ethyl adjacent to an activating group) is 1. The molecule has 11 heteroatoms. The molecule has 2 aliphatic rings. The fourth-order valence-electron chi connectivity index (χ4n) is 4.45. The van der Waals surface area contributed by atoms with Gasteiger partial charge in [0.25, 0.3) is 0 Å². The fourth-order valence-corrected chi connectivity index (χ4v) is 4.45. The molecule has 0 bridgehead atoms. The van der Waals surface area contributed by atoms with Crippen LogP contribution in [0.4, 0.5) is 31.0 Å². The number of phenols is 1. The minimum Gasteiger partial charge on any atom is -0.505 e. The van der Waals surface area contributed by atoms with Gasteiger partial charge in [0.2, 0.25) is 5.95 Å². The van der Waals surface area contributed by atoms with Gasteiger partial charge in [0.1, 0.15) is 17.3 Å². The first-order valence-electron chi connectivity index (χ1n) is 12.2. The Labute approximate surface area is 204 Å². The van der Waals surface area contributed by atoms with Crippen molar-refractivity contribution < 1.29 is 18.7 Å². The number of halogens is 2. The summed E-state index contributed by atoms with van der Waals surface area (Å²) in [5.74, 6) is -1.99. The maximum atomic E-state index is 14.5. The van der Waals surface area contributed by atoms with Gasteiger partial charge in [0.05, 0.1) is 6.54 Å². The number of hydrogen-bond acceptors (Lipinski definition) is 7. The molecule has 0 aliphatic carbocycles. The van der Waals surface area contributed by atoms with E-state index >= 15 is 0 Å². The third kappa shape index (κ3) is 5.62. The summed E-state index contributed by atoms with van der Waals surface area (Å²) in [6.45, 7) is 8.27. The number of amides is 2. The van der Waals surface area contributed by atoms with Crippen LogP contribution in [0.5, 0.6) is 5.75 Å². The molecule has 2 amide bonds. The predicted octanol–water partition coefficient (Wildman–Crippen LogP) is 3.26. The lowest BCUT2D eigenvalue weighted by Gasteiger charge is -2.35. The van der Waals surface area contributed by atoms with Crippen LogP contribution in [0, 0.1) is 11.6 Å². The maximum absolute atomic E-state index is 14.5. The lowest BCUT2D eigenvalue weighted by molar-refractivity contribution is 0.152. The third-order valence-electron chi connectivity index (χ3n) is 6.55. The Morgan fingerprint density at radius 3 is 2.63 bits per heavy atom. The van der Waals surface area contributed by atoms with E-state index in [1.807, 2.05) is 0 Å². The van der Waals surface area contributed by atoms with E-state index in [0.29, 0.717) is 23.9 Å². The van der Waals surface area contributed by atoms with Crippen LogP contribution in [0.3, 0.4) is 0 Å². The molecule has 2 aromatic rings. The van der Waals surface area contributed by atoms with Crippen molar-refractivity contribution in [1.82, 2.24) is 19.8 Å². The van der Waals surface area contributed by atoms with Crippen LogP contribution in [-0.2, 0) is 6.54 Å². The molecule has 1 aromatic heterocycles. The second-order valence-electron chi connectivity index (χ2n) is 9.02. The van der Waals surface area contributed by atoms with Crippen molar-refractivity contribution in [3.63, 3.8) is 0 Å². The molecule has 9 nitrogen and oxygen atoms in total. The first-order valence-corrected chi connectivity index (χ1v) is 12.2. The minimum absolute atomic E-state index is 0.103. The maximum Gasteiger partial charge on any atom is 0.330 e. The van der Waals surface area contributed by atoms with Gasteiger partial charge < -0.3 is 20.2 Å². The van der Waals surface area contributed by atoms with E-state index in [2.05, 4.69) is 32.1 Å². The molecule has 4 rings (SSSR count). The Morgan fingerprint density at radius 1 is 1.11 bits per heavy atom. The fraction of sp³-hybridized carbons (Fsp3) is 0.542. The Hall–Kier alpha value is -3.05. The number of rotatable bonds is 9. The van der Waals surface area contributed by atoms with Crippen LogP contribution in [-0.4, -0.2) is 83.8 Å². The topological polar surface area (TPSA) is 88.1 Å². The van der Waals surface area contributed by atoms with Crippen molar-refractivity contribution in [3.8, 4) is 5.75 Å². The van der Waals surface area contributed by atoms with Gasteiger partial charge in [-0.3, -0.25) is 9.80 Å². The number of benzene rings is 1. The molecular weight excluding hydrogens is 456 g/mol. The number of urea groups is 1. The average molecular weight is 490 g/mol. The monoisotopic (exact) mass is 489 g/mol. The molecule has 0 saturated carbocycles. The minimum atomic E-state index is -1.18. The van der Waals surface area contributed by atoms with E-state index in [4.69, 9.17) is 0 Å². The first-order chi connectivity index (χ1) is 16.9. The van der Waals surface area contributed by atoms with Crippen molar-refractivity contribution in [2.45, 2.75) is 32.7 Å². The van der Waals surface area contributed by atoms with Crippen LogP contribution < -0.4 is 15.1 Å². The lowest BCUT2D eigenvalue weighted by atomic mass is 10.1. The van der Waals surface area contributed by atoms with Crippen LogP contribution in [0.2, 0.25) is 0 Å². The summed E-state index contributed by atoms with van der Waals surface area (Å²) in [6, 6.07) is 1.24. The Bertz CT molecular complexity index is 1050. The van der Waals surface area contributed by atoms with E-state index < -0.39 is 29.1 Å². The zero-order valence-corrected chi connectivity index (χ0v) is 20.3. The molecule has 1 saturated heterocycles. The van der Waals surface area contributed by atoms with Crippen LogP contribution in [0.25, 0.3) is 0 Å². The number of nitrogens with one attached hydrogen (secondary N) is 1. The number of anilines is 3. The largest absolute Gasteiger partial charge is 0.505 e. The number of fused-ring (bicyclic) bond motifs is 1. The zero-order valence-electron chi connectivity index (χ0n) is 20.3. The Balaban J connectivity index is 1.35.